The fourth-order valence-electron chi connectivity index (χ4n) is 3.72. The molecule has 0 aliphatic carbocycles. The number of fused-ring (bicyclic) bond motifs is 1. The molecule has 2 heterocycles. The van der Waals surface area contributed by atoms with Crippen molar-refractivity contribution in [3.63, 3.8) is 0 Å². The Kier molecular flexibility index (Phi) is 5.58. The maximum atomic E-state index is 12.5. The maximum absolute atomic E-state index is 12.5. The van der Waals surface area contributed by atoms with Crippen molar-refractivity contribution in [2.45, 2.75) is 39.2 Å². The molecule has 6 heteroatoms. The molecule has 2 aliphatic rings. The average Bonchev–Trinajstić information content (AvgIpc) is 2.78. The number of hydrogen-bond donors (Lipinski definition) is 2. The summed E-state index contributed by atoms with van der Waals surface area (Å²) >= 11 is 0. The van der Waals surface area contributed by atoms with Gasteiger partial charge in [0.1, 0.15) is 0 Å². The first-order valence-corrected chi connectivity index (χ1v) is 9.19. The Morgan fingerprint density at radius 3 is 2.84 bits per heavy atom. The highest BCUT2D eigenvalue weighted by Gasteiger charge is 2.20. The number of amides is 3. The molecule has 0 aromatic heterocycles. The first kappa shape index (κ1) is 17.7. The van der Waals surface area contributed by atoms with Crippen molar-refractivity contribution in [3.8, 4) is 0 Å². The summed E-state index contributed by atoms with van der Waals surface area (Å²) < 4.78 is 0. The van der Waals surface area contributed by atoms with Crippen LogP contribution in [0.25, 0.3) is 0 Å². The van der Waals surface area contributed by atoms with E-state index < -0.39 is 0 Å². The van der Waals surface area contributed by atoms with Gasteiger partial charge in [-0.05, 0) is 54.9 Å². The molecule has 25 heavy (non-hydrogen) atoms. The van der Waals surface area contributed by atoms with Gasteiger partial charge in [-0.1, -0.05) is 13.0 Å². The molecule has 1 aromatic carbocycles. The summed E-state index contributed by atoms with van der Waals surface area (Å²) in [6, 6.07) is 6.07. The van der Waals surface area contributed by atoms with Crippen LogP contribution in [0.3, 0.4) is 0 Å². The molecule has 0 unspecified atom stereocenters. The zero-order valence-corrected chi connectivity index (χ0v) is 15.0. The normalized spacial score (nSPS) is 21.3. The first-order chi connectivity index (χ1) is 12.0. The summed E-state index contributed by atoms with van der Waals surface area (Å²) in [6.07, 6.45) is 4.24. The van der Waals surface area contributed by atoms with Gasteiger partial charge >= 0.3 is 6.03 Å². The maximum Gasteiger partial charge on any atom is 0.321 e. The highest BCUT2D eigenvalue weighted by atomic mass is 16.2. The van der Waals surface area contributed by atoms with E-state index in [1.54, 1.807) is 0 Å². The van der Waals surface area contributed by atoms with Crippen LogP contribution in [0.1, 0.15) is 37.3 Å². The van der Waals surface area contributed by atoms with Gasteiger partial charge in [0.25, 0.3) is 0 Å². The topological polar surface area (TPSA) is 78.7 Å². The highest BCUT2D eigenvalue weighted by molar-refractivity contribution is 5.89. The molecule has 1 saturated heterocycles. The summed E-state index contributed by atoms with van der Waals surface area (Å²) in [6.45, 7) is 5.72. The quantitative estimate of drug-likeness (QED) is 0.882. The monoisotopic (exact) mass is 344 g/mol. The third kappa shape index (κ3) is 4.72. The summed E-state index contributed by atoms with van der Waals surface area (Å²) in [5.41, 5.74) is 8.56. The summed E-state index contributed by atoms with van der Waals surface area (Å²) in [7, 11) is 0. The second-order valence-corrected chi connectivity index (χ2v) is 7.36. The molecular formula is C19H28N4O2. The predicted molar refractivity (Wildman–Crippen MR) is 98.2 cm³/mol. The number of nitrogens with zero attached hydrogens (tertiary/aromatic N) is 2. The van der Waals surface area contributed by atoms with Gasteiger partial charge < -0.3 is 16.0 Å². The van der Waals surface area contributed by atoms with E-state index in [4.69, 9.17) is 5.73 Å². The van der Waals surface area contributed by atoms with Crippen molar-refractivity contribution >= 4 is 17.6 Å². The van der Waals surface area contributed by atoms with E-state index in [-0.39, 0.29) is 18.5 Å². The van der Waals surface area contributed by atoms with E-state index in [9.17, 15) is 9.59 Å². The van der Waals surface area contributed by atoms with Crippen LogP contribution in [-0.4, -0.2) is 47.9 Å². The molecule has 3 rings (SSSR count). The highest BCUT2D eigenvalue weighted by Crippen LogP contribution is 2.23. The fourth-order valence-corrected chi connectivity index (χ4v) is 3.72. The van der Waals surface area contributed by atoms with Gasteiger partial charge in [-0.25, -0.2) is 4.79 Å². The first-order valence-electron chi connectivity index (χ1n) is 9.19. The third-order valence-electron chi connectivity index (χ3n) is 5.23. The van der Waals surface area contributed by atoms with Crippen molar-refractivity contribution in [2.75, 3.05) is 31.5 Å². The molecule has 1 atom stereocenters. The molecule has 1 fully saturated rings. The van der Waals surface area contributed by atoms with Crippen LogP contribution in [0.5, 0.6) is 0 Å². The molecule has 0 saturated carbocycles. The molecular weight excluding hydrogens is 316 g/mol. The number of nitrogens with one attached hydrogen (secondary N) is 1. The Morgan fingerprint density at radius 2 is 2.04 bits per heavy atom. The zero-order chi connectivity index (χ0) is 17.8. The lowest BCUT2D eigenvalue weighted by Crippen LogP contribution is -2.37. The molecule has 0 radical (unpaired) electrons. The second-order valence-electron chi connectivity index (χ2n) is 7.36. The minimum atomic E-state index is -0.303. The Bertz CT molecular complexity index is 646. The second kappa shape index (κ2) is 7.87. The van der Waals surface area contributed by atoms with E-state index in [1.807, 2.05) is 21.9 Å². The molecule has 6 nitrogen and oxygen atoms in total. The molecule has 0 spiro atoms. The lowest BCUT2D eigenvalue weighted by Gasteiger charge is -2.28. The molecule has 0 bridgehead atoms. The van der Waals surface area contributed by atoms with Crippen molar-refractivity contribution in [2.24, 2.45) is 11.7 Å². The molecule has 136 valence electrons. The standard InChI is InChI=1S/C19H28N4O2/c1-14-3-2-8-23(10-6-14)19(25)21-17-5-4-15-7-9-22(13-18(20)24)12-16(15)11-17/h4-5,11,14H,2-3,6-10,12-13H2,1H3,(H2,20,24)(H,21,25)/t14-/m0/s1. The molecule has 3 amide bonds. The number of hydrogen-bond acceptors (Lipinski definition) is 3. The van der Waals surface area contributed by atoms with Gasteiger partial charge in [-0.15, -0.1) is 0 Å². The van der Waals surface area contributed by atoms with Gasteiger partial charge in [0.2, 0.25) is 5.91 Å². The number of benzene rings is 1. The van der Waals surface area contributed by atoms with E-state index in [1.165, 1.54) is 12.0 Å². The smallest absolute Gasteiger partial charge is 0.321 e. The number of likely N-dealkylation sites (tertiary alicyclic amines) is 1. The van der Waals surface area contributed by atoms with Crippen molar-refractivity contribution in [1.29, 1.82) is 0 Å². The Hall–Kier alpha value is -2.08. The number of carbonyl (C=O) groups excluding carboxylic acids is 2. The van der Waals surface area contributed by atoms with Gasteiger partial charge in [-0.3, -0.25) is 9.69 Å². The van der Waals surface area contributed by atoms with Crippen LogP contribution in [0.4, 0.5) is 10.5 Å². The summed E-state index contributed by atoms with van der Waals surface area (Å²) in [5.74, 6) is 0.390. The Balaban J connectivity index is 1.63. The Morgan fingerprint density at radius 1 is 1.20 bits per heavy atom. The number of rotatable bonds is 3. The fraction of sp³-hybridized carbons (Fsp3) is 0.579. The van der Waals surface area contributed by atoms with Gasteiger partial charge in [-0.2, -0.15) is 0 Å². The molecule has 1 aromatic rings. The minimum Gasteiger partial charge on any atom is -0.369 e. The van der Waals surface area contributed by atoms with E-state index >= 15 is 0 Å². The van der Waals surface area contributed by atoms with Crippen LogP contribution in [0.2, 0.25) is 0 Å². The SMILES string of the molecule is C[C@H]1CCCN(C(=O)Nc2ccc3c(c2)CN(CC(N)=O)CC3)CC1. The van der Waals surface area contributed by atoms with Crippen molar-refractivity contribution in [1.82, 2.24) is 9.80 Å². The number of urea groups is 1. The summed E-state index contributed by atoms with van der Waals surface area (Å²) in [5, 5.41) is 3.04. The molecule has 2 aliphatic heterocycles. The minimum absolute atomic E-state index is 0.0150. The van der Waals surface area contributed by atoms with Crippen LogP contribution >= 0.6 is 0 Å². The van der Waals surface area contributed by atoms with Gasteiger partial charge in [0, 0.05) is 31.9 Å². The Labute approximate surface area is 149 Å². The largest absolute Gasteiger partial charge is 0.369 e. The lowest BCUT2D eigenvalue weighted by molar-refractivity contribution is -0.119. The van der Waals surface area contributed by atoms with E-state index in [0.717, 1.165) is 50.1 Å². The van der Waals surface area contributed by atoms with Crippen LogP contribution in [0, 0.1) is 5.92 Å². The van der Waals surface area contributed by atoms with Gasteiger partial charge in [0.05, 0.1) is 6.54 Å². The lowest BCUT2D eigenvalue weighted by atomic mass is 9.99. The number of anilines is 1. The third-order valence-corrected chi connectivity index (χ3v) is 5.23. The summed E-state index contributed by atoms with van der Waals surface area (Å²) in [4.78, 5) is 27.7. The predicted octanol–water partition coefficient (Wildman–Crippen LogP) is 2.18. The molecule has 3 N–H and O–H groups in total. The van der Waals surface area contributed by atoms with Crippen LogP contribution in [0.15, 0.2) is 18.2 Å². The number of nitrogens with two attached hydrogens (primary N) is 1. The van der Waals surface area contributed by atoms with Crippen LogP contribution < -0.4 is 11.1 Å². The van der Waals surface area contributed by atoms with Crippen molar-refractivity contribution in [3.05, 3.63) is 29.3 Å². The number of primary amides is 1. The van der Waals surface area contributed by atoms with Gasteiger partial charge in [0.15, 0.2) is 0 Å². The number of carbonyl (C=O) groups is 2. The zero-order valence-electron chi connectivity index (χ0n) is 15.0. The van der Waals surface area contributed by atoms with Crippen molar-refractivity contribution < 1.29 is 9.59 Å². The average molecular weight is 344 g/mol. The van der Waals surface area contributed by atoms with E-state index in [0.29, 0.717) is 12.5 Å². The van der Waals surface area contributed by atoms with Crippen LogP contribution in [-0.2, 0) is 17.8 Å². The van der Waals surface area contributed by atoms with E-state index in [2.05, 4.69) is 18.3 Å².